The molecular formula is C9H10N2O. The van der Waals surface area contributed by atoms with E-state index in [1.807, 2.05) is 0 Å². The highest BCUT2D eigenvalue weighted by atomic mass is 16.3. The summed E-state index contributed by atoms with van der Waals surface area (Å²) in [5.41, 5.74) is 0.642. The standard InChI is InChI=1S/C9H10N2O/c1-7(12)3-4-9-5-6-10-8(2)11-9/h5-7,12H,1-2H3/t7-/m0/s1. The van der Waals surface area contributed by atoms with Crippen molar-refractivity contribution in [1.29, 1.82) is 0 Å². The van der Waals surface area contributed by atoms with Crippen molar-refractivity contribution < 1.29 is 5.11 Å². The summed E-state index contributed by atoms with van der Waals surface area (Å²) in [6.07, 6.45) is 1.04. The summed E-state index contributed by atoms with van der Waals surface area (Å²) in [6.45, 7) is 3.41. The van der Waals surface area contributed by atoms with Crippen LogP contribution in [-0.4, -0.2) is 21.2 Å². The van der Waals surface area contributed by atoms with Crippen molar-refractivity contribution in [2.24, 2.45) is 0 Å². The summed E-state index contributed by atoms with van der Waals surface area (Å²) in [4.78, 5) is 7.97. The Bertz CT molecular complexity index is 323. The lowest BCUT2D eigenvalue weighted by molar-refractivity contribution is 0.253. The van der Waals surface area contributed by atoms with Crippen molar-refractivity contribution in [1.82, 2.24) is 9.97 Å². The Hall–Kier alpha value is -1.40. The van der Waals surface area contributed by atoms with Crippen LogP contribution in [0.1, 0.15) is 18.4 Å². The summed E-state index contributed by atoms with van der Waals surface area (Å²) in [6, 6.07) is 1.71. The van der Waals surface area contributed by atoms with Gasteiger partial charge in [0.15, 0.2) is 0 Å². The van der Waals surface area contributed by atoms with E-state index in [0.29, 0.717) is 11.5 Å². The maximum Gasteiger partial charge on any atom is 0.126 e. The summed E-state index contributed by atoms with van der Waals surface area (Å²) in [7, 11) is 0. The Balaban J connectivity index is 2.85. The summed E-state index contributed by atoms with van der Waals surface area (Å²) < 4.78 is 0. The molecule has 0 amide bonds. The van der Waals surface area contributed by atoms with Gasteiger partial charge in [0.1, 0.15) is 17.6 Å². The number of hydrogen-bond acceptors (Lipinski definition) is 3. The molecule has 0 aliphatic heterocycles. The highest BCUT2D eigenvalue weighted by molar-refractivity contribution is 5.27. The van der Waals surface area contributed by atoms with Gasteiger partial charge in [0.25, 0.3) is 0 Å². The molecular weight excluding hydrogens is 152 g/mol. The number of aromatic nitrogens is 2. The zero-order chi connectivity index (χ0) is 8.97. The minimum absolute atomic E-state index is 0.611. The largest absolute Gasteiger partial charge is 0.381 e. The molecule has 0 bridgehead atoms. The fourth-order valence-electron chi connectivity index (χ4n) is 0.704. The van der Waals surface area contributed by atoms with Crippen LogP contribution in [0.2, 0.25) is 0 Å². The first-order chi connectivity index (χ1) is 5.68. The SMILES string of the molecule is Cc1nccc(C#C[C@H](C)O)n1. The third-order valence-electron chi connectivity index (χ3n) is 1.19. The van der Waals surface area contributed by atoms with Gasteiger partial charge in [0.2, 0.25) is 0 Å². The predicted octanol–water partition coefficient (Wildman–Crippen LogP) is 0.517. The van der Waals surface area contributed by atoms with Crippen LogP contribution in [0.5, 0.6) is 0 Å². The van der Waals surface area contributed by atoms with Crippen molar-refractivity contribution >= 4 is 0 Å². The molecule has 1 N–H and O–H groups in total. The lowest BCUT2D eigenvalue weighted by Gasteiger charge is -1.91. The van der Waals surface area contributed by atoms with Gasteiger partial charge in [-0.1, -0.05) is 5.92 Å². The number of rotatable bonds is 0. The van der Waals surface area contributed by atoms with Crippen LogP contribution in [0.25, 0.3) is 0 Å². The zero-order valence-electron chi connectivity index (χ0n) is 7.07. The molecule has 0 saturated heterocycles. The number of aliphatic hydroxyl groups is 1. The fourth-order valence-corrected chi connectivity index (χ4v) is 0.704. The van der Waals surface area contributed by atoms with E-state index in [2.05, 4.69) is 21.8 Å². The Kier molecular flexibility index (Phi) is 2.78. The van der Waals surface area contributed by atoms with Crippen molar-refractivity contribution in [3.05, 3.63) is 23.8 Å². The first-order valence-corrected chi connectivity index (χ1v) is 3.68. The minimum Gasteiger partial charge on any atom is -0.381 e. The molecule has 1 atom stereocenters. The Morgan fingerprint density at radius 3 is 2.92 bits per heavy atom. The predicted molar refractivity (Wildman–Crippen MR) is 45.3 cm³/mol. The van der Waals surface area contributed by atoms with E-state index >= 15 is 0 Å². The molecule has 1 heterocycles. The van der Waals surface area contributed by atoms with Gasteiger partial charge in [0.05, 0.1) is 0 Å². The molecule has 0 aliphatic carbocycles. The second-order valence-electron chi connectivity index (χ2n) is 2.43. The molecule has 3 heteroatoms. The van der Waals surface area contributed by atoms with Crippen molar-refractivity contribution in [3.8, 4) is 11.8 Å². The molecule has 0 aromatic carbocycles. The highest BCUT2D eigenvalue weighted by Gasteiger charge is 1.90. The van der Waals surface area contributed by atoms with Crippen molar-refractivity contribution in [2.75, 3.05) is 0 Å². The lowest BCUT2D eigenvalue weighted by atomic mass is 10.3. The van der Waals surface area contributed by atoms with E-state index in [1.54, 1.807) is 26.1 Å². The molecule has 3 nitrogen and oxygen atoms in total. The van der Waals surface area contributed by atoms with Crippen LogP contribution in [0.4, 0.5) is 0 Å². The maximum atomic E-state index is 8.87. The fraction of sp³-hybridized carbons (Fsp3) is 0.333. The molecule has 0 fully saturated rings. The average molecular weight is 162 g/mol. The van der Waals surface area contributed by atoms with E-state index in [-0.39, 0.29) is 0 Å². The summed E-state index contributed by atoms with van der Waals surface area (Å²) in [5.74, 6) is 6.03. The van der Waals surface area contributed by atoms with E-state index in [1.165, 1.54) is 0 Å². The van der Waals surface area contributed by atoms with E-state index in [4.69, 9.17) is 5.11 Å². The van der Waals surface area contributed by atoms with Crippen LogP contribution in [-0.2, 0) is 0 Å². The van der Waals surface area contributed by atoms with Crippen molar-refractivity contribution in [2.45, 2.75) is 20.0 Å². The van der Waals surface area contributed by atoms with Gasteiger partial charge in [-0.3, -0.25) is 0 Å². The number of hydrogen-bond donors (Lipinski definition) is 1. The highest BCUT2D eigenvalue weighted by Crippen LogP contribution is 1.91. The van der Waals surface area contributed by atoms with Gasteiger partial charge in [0, 0.05) is 6.20 Å². The molecule has 0 aliphatic rings. The van der Waals surface area contributed by atoms with Gasteiger partial charge in [-0.25, -0.2) is 9.97 Å². The van der Waals surface area contributed by atoms with Gasteiger partial charge in [-0.15, -0.1) is 0 Å². The van der Waals surface area contributed by atoms with Crippen LogP contribution in [0, 0.1) is 18.8 Å². The third kappa shape index (κ3) is 2.69. The lowest BCUT2D eigenvalue weighted by Crippen LogP contribution is -1.94. The average Bonchev–Trinajstić information content (AvgIpc) is 2.01. The second kappa shape index (κ2) is 3.84. The van der Waals surface area contributed by atoms with E-state index in [9.17, 15) is 0 Å². The van der Waals surface area contributed by atoms with Crippen LogP contribution in [0.15, 0.2) is 12.3 Å². The van der Waals surface area contributed by atoms with Gasteiger partial charge in [-0.2, -0.15) is 0 Å². The second-order valence-corrected chi connectivity index (χ2v) is 2.43. The first kappa shape index (κ1) is 8.69. The Morgan fingerprint density at radius 2 is 2.33 bits per heavy atom. The molecule has 1 rings (SSSR count). The maximum absolute atomic E-state index is 8.87. The van der Waals surface area contributed by atoms with Crippen LogP contribution >= 0.6 is 0 Å². The monoisotopic (exact) mass is 162 g/mol. The minimum atomic E-state index is -0.611. The number of nitrogens with zero attached hydrogens (tertiary/aromatic N) is 2. The molecule has 0 radical (unpaired) electrons. The van der Waals surface area contributed by atoms with E-state index in [0.717, 1.165) is 0 Å². The molecule has 0 unspecified atom stereocenters. The van der Waals surface area contributed by atoms with Gasteiger partial charge in [-0.05, 0) is 25.8 Å². The molecule has 12 heavy (non-hydrogen) atoms. The van der Waals surface area contributed by atoms with Crippen LogP contribution in [0.3, 0.4) is 0 Å². The normalized spacial score (nSPS) is 11.6. The number of aliphatic hydroxyl groups excluding tert-OH is 1. The third-order valence-corrected chi connectivity index (χ3v) is 1.19. The van der Waals surface area contributed by atoms with Crippen LogP contribution < -0.4 is 0 Å². The Labute approximate surface area is 71.5 Å². The van der Waals surface area contributed by atoms with Gasteiger partial charge >= 0.3 is 0 Å². The van der Waals surface area contributed by atoms with Crippen molar-refractivity contribution in [3.63, 3.8) is 0 Å². The first-order valence-electron chi connectivity index (χ1n) is 3.68. The van der Waals surface area contributed by atoms with E-state index < -0.39 is 6.10 Å². The molecule has 0 spiro atoms. The smallest absolute Gasteiger partial charge is 0.126 e. The molecule has 0 saturated carbocycles. The number of aryl methyl sites for hydroxylation is 1. The van der Waals surface area contributed by atoms with Gasteiger partial charge < -0.3 is 5.11 Å². The quantitative estimate of drug-likeness (QED) is 0.565. The Morgan fingerprint density at radius 1 is 1.58 bits per heavy atom. The summed E-state index contributed by atoms with van der Waals surface area (Å²) >= 11 is 0. The molecule has 1 aromatic heterocycles. The topological polar surface area (TPSA) is 46.0 Å². The summed E-state index contributed by atoms with van der Waals surface area (Å²) in [5, 5.41) is 8.87. The molecule has 1 aromatic rings. The molecule has 62 valence electrons. The zero-order valence-corrected chi connectivity index (χ0v) is 7.07.